The van der Waals surface area contributed by atoms with Crippen molar-refractivity contribution >= 4 is 21.4 Å². The highest BCUT2D eigenvalue weighted by atomic mass is 32.2. The molecule has 4 rings (SSSR count). The van der Waals surface area contributed by atoms with Crippen molar-refractivity contribution in [3.63, 3.8) is 0 Å². The maximum atomic E-state index is 12.7. The van der Waals surface area contributed by atoms with Gasteiger partial charge in [-0.15, -0.1) is 11.3 Å². The molecule has 2 heterocycles. The van der Waals surface area contributed by atoms with Gasteiger partial charge in [0.05, 0.1) is 15.6 Å². The van der Waals surface area contributed by atoms with Crippen LogP contribution in [0.1, 0.15) is 34.5 Å². The molecule has 4 nitrogen and oxygen atoms in total. The normalized spacial score (nSPS) is 15.2. The summed E-state index contributed by atoms with van der Waals surface area (Å²) in [6.45, 7) is 5.49. The number of hydrogen-bond acceptors (Lipinski definition) is 4. The molecule has 1 aliphatic heterocycles. The second-order valence-electron chi connectivity index (χ2n) is 7.36. The van der Waals surface area contributed by atoms with Gasteiger partial charge in [-0.1, -0.05) is 30.3 Å². The zero-order valence-corrected chi connectivity index (χ0v) is 17.8. The average molecular weight is 413 g/mol. The Hall–Kier alpha value is -2.02. The van der Waals surface area contributed by atoms with Crippen LogP contribution >= 0.6 is 11.3 Å². The zero-order chi connectivity index (χ0) is 19.7. The van der Waals surface area contributed by atoms with Gasteiger partial charge >= 0.3 is 0 Å². The molecule has 1 fully saturated rings. The van der Waals surface area contributed by atoms with E-state index in [0.29, 0.717) is 18.0 Å². The van der Waals surface area contributed by atoms with E-state index in [2.05, 4.69) is 32.0 Å². The summed E-state index contributed by atoms with van der Waals surface area (Å²) >= 11 is 1.64. The Kier molecular flexibility index (Phi) is 5.36. The molecule has 0 spiro atoms. The van der Waals surface area contributed by atoms with Crippen molar-refractivity contribution < 1.29 is 8.42 Å². The summed E-state index contributed by atoms with van der Waals surface area (Å²) in [4.78, 5) is 5.12. The molecule has 0 bridgehead atoms. The highest BCUT2D eigenvalue weighted by Gasteiger charge is 2.27. The molecule has 3 aromatic rings. The third kappa shape index (κ3) is 3.90. The Balaban J connectivity index is 1.51. The van der Waals surface area contributed by atoms with Crippen LogP contribution in [-0.2, 0) is 16.4 Å². The molecular weight excluding hydrogens is 388 g/mol. The second kappa shape index (κ2) is 7.78. The van der Waals surface area contributed by atoms with Gasteiger partial charge in [0, 0.05) is 30.5 Å². The van der Waals surface area contributed by atoms with Crippen molar-refractivity contribution in [2.24, 2.45) is 0 Å². The first-order valence-corrected chi connectivity index (χ1v) is 11.9. The molecule has 0 radical (unpaired) electrons. The van der Waals surface area contributed by atoms with Gasteiger partial charge in [-0.05, 0) is 55.5 Å². The summed E-state index contributed by atoms with van der Waals surface area (Å²) in [5.74, 6) is 0. The minimum atomic E-state index is -3.37. The number of thiazole rings is 1. The summed E-state index contributed by atoms with van der Waals surface area (Å²) < 4.78 is 26.9. The van der Waals surface area contributed by atoms with E-state index < -0.39 is 10.0 Å². The molecule has 6 heteroatoms. The first-order chi connectivity index (χ1) is 13.4. The van der Waals surface area contributed by atoms with Crippen LogP contribution in [0.15, 0.2) is 52.7 Å². The van der Waals surface area contributed by atoms with Crippen molar-refractivity contribution in [2.75, 3.05) is 13.1 Å². The quantitative estimate of drug-likeness (QED) is 0.605. The van der Waals surface area contributed by atoms with Crippen molar-refractivity contribution in [1.82, 2.24) is 9.29 Å². The fourth-order valence-electron chi connectivity index (χ4n) is 3.49. The van der Waals surface area contributed by atoms with Gasteiger partial charge in [0.2, 0.25) is 10.0 Å². The standard InChI is InChI=1S/C22H24N2O2S2/c1-16-5-6-18(13-17(16)2)14-22-23-21(15-27-22)19-7-9-20(10-8-19)28(25,26)24-11-3-4-12-24/h5-10,13,15H,3-4,11-12,14H2,1-2H3. The van der Waals surface area contributed by atoms with Crippen molar-refractivity contribution in [3.05, 3.63) is 69.5 Å². The smallest absolute Gasteiger partial charge is 0.241 e. The molecule has 28 heavy (non-hydrogen) atoms. The van der Waals surface area contributed by atoms with Crippen LogP contribution in [0, 0.1) is 13.8 Å². The summed E-state index contributed by atoms with van der Waals surface area (Å²) in [5.41, 5.74) is 5.70. The fraction of sp³-hybridized carbons (Fsp3) is 0.318. The minimum Gasteiger partial charge on any atom is -0.241 e. The van der Waals surface area contributed by atoms with Crippen LogP contribution in [0.25, 0.3) is 11.3 Å². The van der Waals surface area contributed by atoms with E-state index in [1.807, 2.05) is 17.5 Å². The molecule has 146 valence electrons. The predicted octanol–water partition coefficient (Wildman–Crippen LogP) is 4.80. The number of hydrogen-bond donors (Lipinski definition) is 0. The lowest BCUT2D eigenvalue weighted by Crippen LogP contribution is -2.27. The Bertz CT molecular complexity index is 1080. The molecule has 1 aromatic heterocycles. The molecule has 1 saturated heterocycles. The predicted molar refractivity (Wildman–Crippen MR) is 114 cm³/mol. The average Bonchev–Trinajstić information content (AvgIpc) is 3.37. The summed E-state index contributed by atoms with van der Waals surface area (Å²) in [7, 11) is -3.37. The highest BCUT2D eigenvalue weighted by Crippen LogP contribution is 2.27. The van der Waals surface area contributed by atoms with Gasteiger partial charge in [0.25, 0.3) is 0 Å². The molecular formula is C22H24N2O2S2. The largest absolute Gasteiger partial charge is 0.243 e. The third-order valence-corrected chi connectivity index (χ3v) is 8.09. The Labute approximate surface area is 170 Å². The second-order valence-corrected chi connectivity index (χ2v) is 10.2. The van der Waals surface area contributed by atoms with Gasteiger partial charge in [-0.25, -0.2) is 13.4 Å². The topological polar surface area (TPSA) is 50.3 Å². The third-order valence-electron chi connectivity index (χ3n) is 5.33. The van der Waals surface area contributed by atoms with E-state index in [0.717, 1.165) is 35.5 Å². The van der Waals surface area contributed by atoms with E-state index in [1.165, 1.54) is 16.7 Å². The first-order valence-electron chi connectivity index (χ1n) is 9.54. The number of aromatic nitrogens is 1. The fourth-order valence-corrected chi connectivity index (χ4v) is 5.84. The minimum absolute atomic E-state index is 0.365. The van der Waals surface area contributed by atoms with Gasteiger partial charge in [-0.2, -0.15) is 4.31 Å². The SMILES string of the molecule is Cc1ccc(Cc2nc(-c3ccc(S(=O)(=O)N4CCCC4)cc3)cs2)cc1C. The van der Waals surface area contributed by atoms with Gasteiger partial charge in [-0.3, -0.25) is 0 Å². The number of sulfonamides is 1. The molecule has 0 N–H and O–H groups in total. The van der Waals surface area contributed by atoms with Crippen molar-refractivity contribution in [2.45, 2.75) is 38.0 Å². The number of benzene rings is 2. The molecule has 1 aliphatic rings. The molecule has 2 aromatic carbocycles. The summed E-state index contributed by atoms with van der Waals surface area (Å²) in [5, 5.41) is 3.10. The lowest BCUT2D eigenvalue weighted by atomic mass is 10.0. The number of aryl methyl sites for hydroxylation is 2. The molecule has 0 atom stereocenters. The van der Waals surface area contributed by atoms with Crippen LogP contribution in [0.4, 0.5) is 0 Å². The van der Waals surface area contributed by atoms with Crippen LogP contribution in [0.5, 0.6) is 0 Å². The van der Waals surface area contributed by atoms with E-state index in [1.54, 1.807) is 27.8 Å². The molecule has 0 saturated carbocycles. The van der Waals surface area contributed by atoms with E-state index in [9.17, 15) is 8.42 Å². The van der Waals surface area contributed by atoms with Crippen molar-refractivity contribution in [3.8, 4) is 11.3 Å². The number of nitrogens with zero attached hydrogens (tertiary/aromatic N) is 2. The van der Waals surface area contributed by atoms with Crippen LogP contribution in [-0.4, -0.2) is 30.8 Å². The molecule has 0 amide bonds. The maximum absolute atomic E-state index is 12.7. The Morgan fingerprint density at radius 2 is 1.71 bits per heavy atom. The van der Waals surface area contributed by atoms with Gasteiger partial charge in [0.1, 0.15) is 0 Å². The van der Waals surface area contributed by atoms with Gasteiger partial charge < -0.3 is 0 Å². The maximum Gasteiger partial charge on any atom is 0.243 e. The van der Waals surface area contributed by atoms with E-state index in [4.69, 9.17) is 4.98 Å². The first kappa shape index (κ1) is 19.3. The monoisotopic (exact) mass is 412 g/mol. The Morgan fingerprint density at radius 1 is 1.00 bits per heavy atom. The number of rotatable bonds is 5. The molecule has 0 unspecified atom stereocenters. The lowest BCUT2D eigenvalue weighted by molar-refractivity contribution is 0.477. The Morgan fingerprint density at radius 3 is 2.39 bits per heavy atom. The van der Waals surface area contributed by atoms with Crippen molar-refractivity contribution in [1.29, 1.82) is 0 Å². The zero-order valence-electron chi connectivity index (χ0n) is 16.2. The van der Waals surface area contributed by atoms with Crippen LogP contribution < -0.4 is 0 Å². The molecule has 0 aliphatic carbocycles. The lowest BCUT2D eigenvalue weighted by Gasteiger charge is -2.15. The van der Waals surface area contributed by atoms with E-state index in [-0.39, 0.29) is 0 Å². The van der Waals surface area contributed by atoms with Crippen LogP contribution in [0.3, 0.4) is 0 Å². The summed E-state index contributed by atoms with van der Waals surface area (Å²) in [6, 6.07) is 13.6. The van der Waals surface area contributed by atoms with E-state index >= 15 is 0 Å². The van der Waals surface area contributed by atoms with Gasteiger partial charge in [0.15, 0.2) is 0 Å². The summed E-state index contributed by atoms with van der Waals surface area (Å²) in [6.07, 6.45) is 2.70. The highest BCUT2D eigenvalue weighted by molar-refractivity contribution is 7.89. The van der Waals surface area contributed by atoms with Crippen LogP contribution in [0.2, 0.25) is 0 Å².